The lowest BCUT2D eigenvalue weighted by molar-refractivity contribution is 0.178. The SMILES string of the molecule is CN=C(NCC1CCN(Cc2ccccc2Cl)CC1)NC(C)CCS(C)(=O)=O.I. The molecule has 0 bridgehead atoms. The quantitative estimate of drug-likeness (QED) is 0.292. The molecule has 2 N–H and O–H groups in total. The van der Waals surface area contributed by atoms with E-state index in [0.29, 0.717) is 12.3 Å². The van der Waals surface area contributed by atoms with E-state index in [4.69, 9.17) is 11.6 Å². The summed E-state index contributed by atoms with van der Waals surface area (Å²) in [5.74, 6) is 1.52. The fraction of sp³-hybridized carbons (Fsp3) is 0.650. The van der Waals surface area contributed by atoms with Gasteiger partial charge >= 0.3 is 0 Å². The Labute approximate surface area is 197 Å². The molecule has 1 saturated heterocycles. The van der Waals surface area contributed by atoms with E-state index in [1.54, 1.807) is 7.05 Å². The van der Waals surface area contributed by atoms with E-state index < -0.39 is 9.84 Å². The lowest BCUT2D eigenvalue weighted by Crippen LogP contribution is -2.45. The molecule has 1 atom stereocenters. The van der Waals surface area contributed by atoms with Crippen LogP contribution < -0.4 is 10.6 Å². The number of nitrogens with zero attached hydrogens (tertiary/aromatic N) is 2. The highest BCUT2D eigenvalue weighted by Crippen LogP contribution is 2.21. The number of hydrogen-bond acceptors (Lipinski definition) is 4. The van der Waals surface area contributed by atoms with Gasteiger partial charge in [0, 0.05) is 37.5 Å². The molecule has 1 aliphatic rings. The molecule has 1 aromatic rings. The summed E-state index contributed by atoms with van der Waals surface area (Å²) in [6.07, 6.45) is 4.11. The van der Waals surface area contributed by atoms with Crippen molar-refractivity contribution in [1.82, 2.24) is 15.5 Å². The van der Waals surface area contributed by atoms with Crippen molar-refractivity contribution in [3.63, 3.8) is 0 Å². The van der Waals surface area contributed by atoms with Crippen LogP contribution in [0.2, 0.25) is 5.02 Å². The number of piperidine rings is 1. The molecule has 166 valence electrons. The zero-order valence-electron chi connectivity index (χ0n) is 17.5. The minimum absolute atomic E-state index is 0. The zero-order chi connectivity index (χ0) is 20.6. The predicted octanol–water partition coefficient (Wildman–Crippen LogP) is 3.16. The monoisotopic (exact) mass is 556 g/mol. The minimum Gasteiger partial charge on any atom is -0.356 e. The van der Waals surface area contributed by atoms with Crippen molar-refractivity contribution in [2.75, 3.05) is 38.7 Å². The van der Waals surface area contributed by atoms with E-state index in [0.717, 1.165) is 50.0 Å². The fourth-order valence-electron chi connectivity index (χ4n) is 3.35. The van der Waals surface area contributed by atoms with Crippen LogP contribution in [-0.2, 0) is 16.4 Å². The molecule has 1 aromatic carbocycles. The van der Waals surface area contributed by atoms with Gasteiger partial charge in [-0.05, 0) is 56.8 Å². The van der Waals surface area contributed by atoms with Gasteiger partial charge < -0.3 is 10.6 Å². The second-order valence-electron chi connectivity index (χ2n) is 7.73. The maximum Gasteiger partial charge on any atom is 0.191 e. The summed E-state index contributed by atoms with van der Waals surface area (Å²) in [7, 11) is -1.19. The summed E-state index contributed by atoms with van der Waals surface area (Å²) in [5.41, 5.74) is 1.19. The van der Waals surface area contributed by atoms with Crippen LogP contribution in [0.4, 0.5) is 0 Å². The number of rotatable bonds is 8. The number of halogens is 2. The van der Waals surface area contributed by atoms with Gasteiger partial charge in [0.05, 0.1) is 5.75 Å². The average Bonchev–Trinajstić information content (AvgIpc) is 2.66. The molecule has 1 fully saturated rings. The molecule has 1 aliphatic heterocycles. The van der Waals surface area contributed by atoms with Gasteiger partial charge in [0.2, 0.25) is 0 Å². The van der Waals surface area contributed by atoms with Crippen LogP contribution in [0.15, 0.2) is 29.3 Å². The molecule has 0 aromatic heterocycles. The van der Waals surface area contributed by atoms with Crippen molar-refractivity contribution in [3.05, 3.63) is 34.9 Å². The standard InChI is InChI=1S/C20H33ClN4O2S.HI/c1-16(10-13-28(3,26)27)24-20(22-2)23-14-17-8-11-25(12-9-17)15-18-6-4-5-7-19(18)21;/h4-7,16-17H,8-15H2,1-3H3,(H2,22,23,24);1H. The number of benzene rings is 1. The van der Waals surface area contributed by atoms with Gasteiger partial charge in [-0.15, -0.1) is 24.0 Å². The van der Waals surface area contributed by atoms with Gasteiger partial charge in [-0.25, -0.2) is 8.42 Å². The molecule has 9 heteroatoms. The first-order valence-corrected chi connectivity index (χ1v) is 12.3. The highest BCUT2D eigenvalue weighted by atomic mass is 127. The molecule has 1 unspecified atom stereocenters. The van der Waals surface area contributed by atoms with Gasteiger partial charge in [0.25, 0.3) is 0 Å². The summed E-state index contributed by atoms with van der Waals surface area (Å²) < 4.78 is 22.6. The average molecular weight is 557 g/mol. The topological polar surface area (TPSA) is 73.8 Å². The van der Waals surface area contributed by atoms with Crippen LogP contribution in [0.1, 0.15) is 31.7 Å². The third kappa shape index (κ3) is 10.3. The molecule has 0 radical (unpaired) electrons. The van der Waals surface area contributed by atoms with Crippen molar-refractivity contribution in [1.29, 1.82) is 0 Å². The van der Waals surface area contributed by atoms with Gasteiger partial charge in [-0.2, -0.15) is 0 Å². The molecule has 0 spiro atoms. The minimum atomic E-state index is -2.93. The molecular formula is C20H34ClIN4O2S. The van der Waals surface area contributed by atoms with Crippen LogP contribution in [0.3, 0.4) is 0 Å². The van der Waals surface area contributed by atoms with Gasteiger partial charge in [-0.1, -0.05) is 29.8 Å². The van der Waals surface area contributed by atoms with E-state index >= 15 is 0 Å². The Balaban J connectivity index is 0.00000420. The Morgan fingerprint density at radius 1 is 1.31 bits per heavy atom. The van der Waals surface area contributed by atoms with Gasteiger partial charge in [0.15, 0.2) is 5.96 Å². The summed E-state index contributed by atoms with van der Waals surface area (Å²) in [4.78, 5) is 6.71. The van der Waals surface area contributed by atoms with E-state index in [-0.39, 0.29) is 35.8 Å². The third-order valence-corrected chi connectivity index (χ3v) is 6.49. The largest absolute Gasteiger partial charge is 0.356 e. The Morgan fingerprint density at radius 3 is 2.55 bits per heavy atom. The first kappa shape index (κ1) is 26.5. The second kappa shape index (κ2) is 13.0. The summed E-state index contributed by atoms with van der Waals surface area (Å²) >= 11 is 6.27. The number of nitrogens with one attached hydrogen (secondary N) is 2. The zero-order valence-corrected chi connectivity index (χ0v) is 21.4. The summed E-state index contributed by atoms with van der Waals surface area (Å²) in [6, 6.07) is 8.10. The molecule has 0 saturated carbocycles. The van der Waals surface area contributed by atoms with Crippen LogP contribution in [-0.4, -0.2) is 64.0 Å². The van der Waals surface area contributed by atoms with Crippen molar-refractivity contribution >= 4 is 51.4 Å². The van der Waals surface area contributed by atoms with E-state index in [1.807, 2.05) is 25.1 Å². The van der Waals surface area contributed by atoms with Crippen molar-refractivity contribution < 1.29 is 8.42 Å². The number of sulfone groups is 1. The first-order valence-electron chi connectivity index (χ1n) is 9.87. The van der Waals surface area contributed by atoms with Crippen LogP contribution in [0, 0.1) is 5.92 Å². The summed E-state index contributed by atoms with van der Waals surface area (Å²) in [6.45, 7) is 5.88. The molecule has 0 amide bonds. The number of guanidine groups is 1. The maximum absolute atomic E-state index is 11.3. The first-order chi connectivity index (χ1) is 13.3. The third-order valence-electron chi connectivity index (χ3n) is 5.15. The highest BCUT2D eigenvalue weighted by molar-refractivity contribution is 14.0. The number of likely N-dealkylation sites (tertiary alicyclic amines) is 1. The maximum atomic E-state index is 11.3. The van der Waals surface area contributed by atoms with Crippen LogP contribution >= 0.6 is 35.6 Å². The molecule has 0 aliphatic carbocycles. The molecule has 6 nitrogen and oxygen atoms in total. The van der Waals surface area contributed by atoms with E-state index in [9.17, 15) is 8.42 Å². The smallest absolute Gasteiger partial charge is 0.191 e. The van der Waals surface area contributed by atoms with Crippen molar-refractivity contribution in [2.24, 2.45) is 10.9 Å². The Morgan fingerprint density at radius 2 is 1.97 bits per heavy atom. The number of aliphatic imine (C=N–C) groups is 1. The molecule has 29 heavy (non-hydrogen) atoms. The highest BCUT2D eigenvalue weighted by Gasteiger charge is 2.20. The predicted molar refractivity (Wildman–Crippen MR) is 133 cm³/mol. The fourth-order valence-corrected chi connectivity index (χ4v) is 4.33. The van der Waals surface area contributed by atoms with Gasteiger partial charge in [-0.3, -0.25) is 9.89 Å². The lowest BCUT2D eigenvalue weighted by atomic mass is 9.96. The Bertz CT molecular complexity index is 753. The lowest BCUT2D eigenvalue weighted by Gasteiger charge is -2.32. The van der Waals surface area contributed by atoms with Gasteiger partial charge in [0.1, 0.15) is 9.84 Å². The molecular weight excluding hydrogens is 523 g/mol. The molecule has 2 rings (SSSR count). The van der Waals surface area contributed by atoms with Crippen molar-refractivity contribution in [3.8, 4) is 0 Å². The Kier molecular flexibility index (Phi) is 11.8. The normalized spacial score (nSPS) is 17.4. The van der Waals surface area contributed by atoms with Crippen LogP contribution in [0.5, 0.6) is 0 Å². The Hall–Kier alpha value is -0.580. The van der Waals surface area contributed by atoms with Crippen molar-refractivity contribution in [2.45, 2.75) is 38.8 Å². The second-order valence-corrected chi connectivity index (χ2v) is 10.4. The van der Waals surface area contributed by atoms with E-state index in [2.05, 4.69) is 26.6 Å². The van der Waals surface area contributed by atoms with Crippen LogP contribution in [0.25, 0.3) is 0 Å². The van der Waals surface area contributed by atoms with E-state index in [1.165, 1.54) is 11.8 Å². The number of hydrogen-bond donors (Lipinski definition) is 2. The summed E-state index contributed by atoms with van der Waals surface area (Å²) in [5, 5.41) is 7.51. The molecule has 1 heterocycles.